The number of para-hydroxylation sites is 2. The third-order valence-corrected chi connectivity index (χ3v) is 2.67. The summed E-state index contributed by atoms with van der Waals surface area (Å²) in [5, 5.41) is 0. The molecular weight excluding hydrogens is 296 g/mol. The third-order valence-electron chi connectivity index (χ3n) is 2.14. The topological polar surface area (TPSA) is 35.5 Å². The highest BCUT2D eigenvalue weighted by Gasteiger charge is 2.07. The average molecular weight is 307 g/mol. The van der Waals surface area contributed by atoms with Gasteiger partial charge < -0.3 is 9.47 Å². The van der Waals surface area contributed by atoms with E-state index in [0.717, 1.165) is 4.47 Å². The van der Waals surface area contributed by atoms with Gasteiger partial charge in [-0.2, -0.15) is 0 Å². The first-order valence-electron chi connectivity index (χ1n) is 5.36. The van der Waals surface area contributed by atoms with E-state index >= 15 is 0 Å². The van der Waals surface area contributed by atoms with Crippen LogP contribution in [0.3, 0.4) is 0 Å². The van der Waals surface area contributed by atoms with Gasteiger partial charge in [0.25, 0.3) is 0 Å². The summed E-state index contributed by atoms with van der Waals surface area (Å²) in [6, 6.07) is 14.5. The summed E-state index contributed by atoms with van der Waals surface area (Å²) < 4.78 is 11.7. The van der Waals surface area contributed by atoms with Crippen LogP contribution in [0, 0.1) is 0 Å². The number of halogens is 1. The number of esters is 1. The van der Waals surface area contributed by atoms with Crippen molar-refractivity contribution in [2.75, 3.05) is 0 Å². The predicted molar refractivity (Wildman–Crippen MR) is 72.0 cm³/mol. The number of benzene rings is 2. The lowest BCUT2D eigenvalue weighted by atomic mass is 10.3. The highest BCUT2D eigenvalue weighted by Crippen LogP contribution is 2.31. The van der Waals surface area contributed by atoms with Gasteiger partial charge in [-0.05, 0) is 36.4 Å². The fourth-order valence-electron chi connectivity index (χ4n) is 1.40. The number of rotatable bonds is 3. The summed E-state index contributed by atoms with van der Waals surface area (Å²) in [4.78, 5) is 11.0. The van der Waals surface area contributed by atoms with Crippen LogP contribution in [0.5, 0.6) is 17.2 Å². The molecule has 0 atom stereocenters. The summed E-state index contributed by atoms with van der Waals surface area (Å²) in [7, 11) is 0. The molecule has 0 aliphatic carbocycles. The zero-order chi connectivity index (χ0) is 13.0. The van der Waals surface area contributed by atoms with Crippen LogP contribution in [0.2, 0.25) is 0 Å². The Labute approximate surface area is 113 Å². The van der Waals surface area contributed by atoms with Crippen LogP contribution in [-0.4, -0.2) is 5.97 Å². The monoisotopic (exact) mass is 306 g/mol. The average Bonchev–Trinajstić information content (AvgIpc) is 2.34. The SMILES string of the molecule is CC(=O)Oc1ccccc1Oc1ccc(Br)cc1. The molecule has 0 spiro atoms. The molecule has 0 radical (unpaired) electrons. The lowest BCUT2D eigenvalue weighted by Gasteiger charge is -2.10. The largest absolute Gasteiger partial charge is 0.453 e. The van der Waals surface area contributed by atoms with E-state index in [0.29, 0.717) is 17.2 Å². The molecule has 0 aliphatic heterocycles. The molecule has 0 unspecified atom stereocenters. The van der Waals surface area contributed by atoms with Gasteiger partial charge in [-0.3, -0.25) is 4.79 Å². The van der Waals surface area contributed by atoms with E-state index in [2.05, 4.69) is 15.9 Å². The first-order chi connectivity index (χ1) is 8.65. The maximum atomic E-state index is 11.0. The first kappa shape index (κ1) is 12.6. The van der Waals surface area contributed by atoms with Crippen molar-refractivity contribution in [1.82, 2.24) is 0 Å². The number of carbonyl (C=O) groups excluding carboxylic acids is 1. The van der Waals surface area contributed by atoms with E-state index in [-0.39, 0.29) is 5.97 Å². The fourth-order valence-corrected chi connectivity index (χ4v) is 1.67. The van der Waals surface area contributed by atoms with Gasteiger partial charge in [0.2, 0.25) is 0 Å². The third kappa shape index (κ3) is 3.34. The molecule has 0 saturated carbocycles. The number of hydrogen-bond acceptors (Lipinski definition) is 3. The van der Waals surface area contributed by atoms with Gasteiger partial charge in [0.05, 0.1) is 0 Å². The van der Waals surface area contributed by atoms with Gasteiger partial charge >= 0.3 is 5.97 Å². The van der Waals surface area contributed by atoms with E-state index in [9.17, 15) is 4.79 Å². The summed E-state index contributed by atoms with van der Waals surface area (Å²) >= 11 is 3.35. The summed E-state index contributed by atoms with van der Waals surface area (Å²) in [5.41, 5.74) is 0. The molecule has 2 aromatic rings. The van der Waals surface area contributed by atoms with Crippen LogP contribution in [0.4, 0.5) is 0 Å². The number of hydrogen-bond donors (Lipinski definition) is 0. The Balaban J connectivity index is 2.23. The quantitative estimate of drug-likeness (QED) is 0.631. The molecule has 18 heavy (non-hydrogen) atoms. The first-order valence-corrected chi connectivity index (χ1v) is 6.15. The Morgan fingerprint density at radius 2 is 1.61 bits per heavy atom. The second kappa shape index (κ2) is 5.69. The Morgan fingerprint density at radius 1 is 1.00 bits per heavy atom. The lowest BCUT2D eigenvalue weighted by Crippen LogP contribution is -2.02. The molecule has 0 N–H and O–H groups in total. The highest BCUT2D eigenvalue weighted by molar-refractivity contribution is 9.10. The Hall–Kier alpha value is -1.81. The van der Waals surface area contributed by atoms with Gasteiger partial charge in [-0.25, -0.2) is 0 Å². The van der Waals surface area contributed by atoms with Crippen molar-refractivity contribution in [2.45, 2.75) is 6.92 Å². The summed E-state index contributed by atoms with van der Waals surface area (Å²) in [5.74, 6) is 1.22. The van der Waals surface area contributed by atoms with Crippen molar-refractivity contribution >= 4 is 21.9 Å². The maximum absolute atomic E-state index is 11.0. The lowest BCUT2D eigenvalue weighted by molar-refractivity contribution is -0.131. The van der Waals surface area contributed by atoms with Crippen LogP contribution in [0.25, 0.3) is 0 Å². The normalized spacial score (nSPS) is 9.89. The Morgan fingerprint density at radius 3 is 2.22 bits per heavy atom. The Bertz CT molecular complexity index is 549. The smallest absolute Gasteiger partial charge is 0.308 e. The van der Waals surface area contributed by atoms with Gasteiger partial charge in [-0.1, -0.05) is 28.1 Å². The molecule has 0 aliphatic rings. The molecular formula is C14H11BrO3. The van der Waals surface area contributed by atoms with E-state index < -0.39 is 0 Å². The molecule has 0 aromatic heterocycles. The molecule has 3 nitrogen and oxygen atoms in total. The fraction of sp³-hybridized carbons (Fsp3) is 0.0714. The number of carbonyl (C=O) groups is 1. The molecule has 4 heteroatoms. The van der Waals surface area contributed by atoms with Crippen molar-refractivity contribution < 1.29 is 14.3 Å². The van der Waals surface area contributed by atoms with Crippen LogP contribution >= 0.6 is 15.9 Å². The summed E-state index contributed by atoms with van der Waals surface area (Å²) in [6.07, 6.45) is 0. The van der Waals surface area contributed by atoms with E-state index in [4.69, 9.17) is 9.47 Å². The van der Waals surface area contributed by atoms with E-state index in [1.54, 1.807) is 18.2 Å². The zero-order valence-corrected chi connectivity index (χ0v) is 11.3. The Kier molecular flexibility index (Phi) is 3.99. The molecule has 0 heterocycles. The minimum Gasteiger partial charge on any atom is -0.453 e. The molecule has 0 bridgehead atoms. The van der Waals surface area contributed by atoms with Crippen LogP contribution in [-0.2, 0) is 4.79 Å². The van der Waals surface area contributed by atoms with Crippen LogP contribution in [0.15, 0.2) is 53.0 Å². The van der Waals surface area contributed by atoms with E-state index in [1.807, 2.05) is 30.3 Å². The van der Waals surface area contributed by atoms with Crippen molar-refractivity contribution in [3.8, 4) is 17.2 Å². The van der Waals surface area contributed by atoms with Crippen molar-refractivity contribution in [3.05, 3.63) is 53.0 Å². The van der Waals surface area contributed by atoms with Crippen molar-refractivity contribution in [3.63, 3.8) is 0 Å². The van der Waals surface area contributed by atoms with Gasteiger partial charge in [0.15, 0.2) is 11.5 Å². The van der Waals surface area contributed by atoms with Crippen LogP contribution in [0.1, 0.15) is 6.92 Å². The minimum absolute atomic E-state index is 0.373. The molecule has 0 fully saturated rings. The standard InChI is InChI=1S/C14H11BrO3/c1-10(16)17-13-4-2-3-5-14(13)18-12-8-6-11(15)7-9-12/h2-9H,1H3. The van der Waals surface area contributed by atoms with E-state index in [1.165, 1.54) is 6.92 Å². The summed E-state index contributed by atoms with van der Waals surface area (Å²) in [6.45, 7) is 1.36. The van der Waals surface area contributed by atoms with Crippen molar-refractivity contribution in [1.29, 1.82) is 0 Å². The molecule has 92 valence electrons. The molecule has 0 amide bonds. The van der Waals surface area contributed by atoms with Gasteiger partial charge in [0.1, 0.15) is 5.75 Å². The minimum atomic E-state index is -0.373. The zero-order valence-electron chi connectivity index (χ0n) is 9.72. The molecule has 2 rings (SSSR count). The predicted octanol–water partition coefficient (Wildman–Crippen LogP) is 4.17. The maximum Gasteiger partial charge on any atom is 0.308 e. The second-order valence-electron chi connectivity index (χ2n) is 3.60. The van der Waals surface area contributed by atoms with Gasteiger partial charge in [0, 0.05) is 11.4 Å². The molecule has 0 saturated heterocycles. The number of ether oxygens (including phenoxy) is 2. The highest BCUT2D eigenvalue weighted by atomic mass is 79.9. The van der Waals surface area contributed by atoms with Crippen molar-refractivity contribution in [2.24, 2.45) is 0 Å². The molecule has 2 aromatic carbocycles. The van der Waals surface area contributed by atoms with Gasteiger partial charge in [-0.15, -0.1) is 0 Å². The van der Waals surface area contributed by atoms with Crippen LogP contribution < -0.4 is 9.47 Å². The second-order valence-corrected chi connectivity index (χ2v) is 4.51.